The van der Waals surface area contributed by atoms with E-state index in [9.17, 15) is 8.78 Å². The van der Waals surface area contributed by atoms with E-state index in [4.69, 9.17) is 5.73 Å². The largest absolute Gasteiger partial charge is 0.326 e. The maximum Gasteiger partial charge on any atom is 0.130 e. The van der Waals surface area contributed by atoms with Crippen LogP contribution < -0.4 is 5.73 Å². The molecule has 1 rings (SSSR count). The minimum atomic E-state index is -0.565. The van der Waals surface area contributed by atoms with Crippen LogP contribution >= 0.6 is 0 Å². The summed E-state index contributed by atoms with van der Waals surface area (Å²) in [6.07, 6.45) is 0. The number of nitrogens with two attached hydrogens (primary N) is 1. The zero-order chi connectivity index (χ0) is 8.43. The van der Waals surface area contributed by atoms with E-state index in [0.717, 1.165) is 6.07 Å². The van der Waals surface area contributed by atoms with E-state index < -0.39 is 11.6 Å². The number of rotatable bonds is 1. The molecule has 0 aromatic heterocycles. The van der Waals surface area contributed by atoms with Crippen molar-refractivity contribution in [1.29, 1.82) is 0 Å². The van der Waals surface area contributed by atoms with E-state index in [1.54, 1.807) is 6.92 Å². The fourth-order valence-corrected chi connectivity index (χ4v) is 0.991. The first-order valence-corrected chi connectivity index (χ1v) is 3.29. The third kappa shape index (κ3) is 1.54. The minimum Gasteiger partial charge on any atom is -0.326 e. The molecule has 0 bridgehead atoms. The van der Waals surface area contributed by atoms with Crippen LogP contribution in [0.25, 0.3) is 0 Å². The first-order chi connectivity index (χ1) is 5.15. The van der Waals surface area contributed by atoms with Crippen molar-refractivity contribution in [3.05, 3.63) is 34.9 Å². The Labute approximate surface area is 63.8 Å². The van der Waals surface area contributed by atoms with Crippen LogP contribution in [0.4, 0.5) is 8.78 Å². The SMILES string of the molecule is Cc1cc(F)cc(F)c1CN. The summed E-state index contributed by atoms with van der Waals surface area (Å²) < 4.78 is 25.3. The van der Waals surface area contributed by atoms with Gasteiger partial charge in [0.15, 0.2) is 0 Å². The lowest BCUT2D eigenvalue weighted by atomic mass is 10.1. The standard InChI is InChI=1S/C8H9F2N/c1-5-2-6(9)3-8(10)7(5)4-11/h2-3H,4,11H2,1H3. The first-order valence-electron chi connectivity index (χ1n) is 3.29. The Hall–Kier alpha value is -0.960. The Bertz CT molecular complexity index is 248. The Balaban J connectivity index is 3.25. The maximum absolute atomic E-state index is 12.8. The van der Waals surface area contributed by atoms with Gasteiger partial charge in [0.2, 0.25) is 0 Å². The van der Waals surface area contributed by atoms with Crippen LogP contribution in [0.1, 0.15) is 11.1 Å². The summed E-state index contributed by atoms with van der Waals surface area (Å²) in [4.78, 5) is 0. The Morgan fingerprint density at radius 1 is 1.36 bits per heavy atom. The summed E-state index contributed by atoms with van der Waals surface area (Å²) in [5.41, 5.74) is 6.18. The number of benzene rings is 1. The predicted molar refractivity (Wildman–Crippen MR) is 39.0 cm³/mol. The van der Waals surface area contributed by atoms with Gasteiger partial charge in [-0.15, -0.1) is 0 Å². The van der Waals surface area contributed by atoms with Gasteiger partial charge in [0.1, 0.15) is 11.6 Å². The molecule has 0 spiro atoms. The summed E-state index contributed by atoms with van der Waals surface area (Å²) in [5, 5.41) is 0. The minimum absolute atomic E-state index is 0.109. The molecule has 3 heteroatoms. The lowest BCUT2D eigenvalue weighted by molar-refractivity contribution is 0.570. The van der Waals surface area contributed by atoms with Gasteiger partial charge in [-0.05, 0) is 18.6 Å². The maximum atomic E-state index is 12.8. The Morgan fingerprint density at radius 2 is 2.00 bits per heavy atom. The van der Waals surface area contributed by atoms with Gasteiger partial charge >= 0.3 is 0 Å². The van der Waals surface area contributed by atoms with Crippen molar-refractivity contribution >= 4 is 0 Å². The summed E-state index contributed by atoms with van der Waals surface area (Å²) in [6, 6.07) is 2.11. The second-order valence-corrected chi connectivity index (χ2v) is 2.39. The molecule has 0 radical (unpaired) electrons. The lowest BCUT2D eigenvalue weighted by Crippen LogP contribution is -2.03. The lowest BCUT2D eigenvalue weighted by Gasteiger charge is -2.03. The van der Waals surface area contributed by atoms with E-state index in [2.05, 4.69) is 0 Å². The molecule has 0 aliphatic rings. The summed E-state index contributed by atoms with van der Waals surface area (Å²) in [6.45, 7) is 1.74. The highest BCUT2D eigenvalue weighted by Crippen LogP contribution is 2.13. The van der Waals surface area contributed by atoms with E-state index in [1.807, 2.05) is 0 Å². The molecule has 0 fully saturated rings. The van der Waals surface area contributed by atoms with Crippen molar-refractivity contribution in [2.24, 2.45) is 5.73 Å². The molecule has 1 nitrogen and oxygen atoms in total. The van der Waals surface area contributed by atoms with Gasteiger partial charge in [-0.1, -0.05) is 0 Å². The average Bonchev–Trinajstić information content (AvgIpc) is 1.85. The molecule has 1 aromatic rings. The van der Waals surface area contributed by atoms with Crippen LogP contribution in [0, 0.1) is 18.6 Å². The molecule has 0 saturated carbocycles. The molecule has 0 unspecified atom stereocenters. The monoisotopic (exact) mass is 157 g/mol. The predicted octanol–water partition coefficient (Wildman–Crippen LogP) is 1.73. The van der Waals surface area contributed by atoms with Gasteiger partial charge in [0.05, 0.1) is 0 Å². The van der Waals surface area contributed by atoms with Crippen LogP contribution in [0.15, 0.2) is 12.1 Å². The zero-order valence-electron chi connectivity index (χ0n) is 6.20. The second kappa shape index (κ2) is 2.96. The van der Waals surface area contributed by atoms with Gasteiger partial charge in [0, 0.05) is 18.2 Å². The summed E-state index contributed by atoms with van der Waals surface area (Å²) >= 11 is 0. The highest BCUT2D eigenvalue weighted by atomic mass is 19.1. The molecule has 2 N–H and O–H groups in total. The number of aryl methyl sites for hydroxylation is 1. The van der Waals surface area contributed by atoms with Gasteiger partial charge in [0.25, 0.3) is 0 Å². The number of hydrogen-bond acceptors (Lipinski definition) is 1. The van der Waals surface area contributed by atoms with Crippen LogP contribution in [0.2, 0.25) is 0 Å². The molecule has 0 heterocycles. The van der Waals surface area contributed by atoms with Crippen molar-refractivity contribution in [2.45, 2.75) is 13.5 Å². The van der Waals surface area contributed by atoms with Crippen molar-refractivity contribution in [2.75, 3.05) is 0 Å². The van der Waals surface area contributed by atoms with Crippen molar-refractivity contribution in [3.8, 4) is 0 Å². The van der Waals surface area contributed by atoms with Gasteiger partial charge in [-0.3, -0.25) is 0 Å². The highest BCUT2D eigenvalue weighted by Gasteiger charge is 2.05. The third-order valence-corrected chi connectivity index (χ3v) is 1.59. The topological polar surface area (TPSA) is 26.0 Å². The Morgan fingerprint density at radius 3 is 2.45 bits per heavy atom. The molecular formula is C8H9F2N. The number of halogens is 2. The molecule has 0 atom stereocenters. The average molecular weight is 157 g/mol. The van der Waals surface area contributed by atoms with Crippen LogP contribution in [-0.2, 0) is 6.54 Å². The van der Waals surface area contributed by atoms with E-state index >= 15 is 0 Å². The van der Waals surface area contributed by atoms with Gasteiger partial charge in [-0.25, -0.2) is 8.78 Å². The van der Waals surface area contributed by atoms with E-state index in [-0.39, 0.29) is 6.54 Å². The Kier molecular flexibility index (Phi) is 2.19. The normalized spacial score (nSPS) is 10.2. The van der Waals surface area contributed by atoms with Crippen LogP contribution in [0.3, 0.4) is 0 Å². The van der Waals surface area contributed by atoms with Crippen molar-refractivity contribution in [1.82, 2.24) is 0 Å². The fraction of sp³-hybridized carbons (Fsp3) is 0.250. The second-order valence-electron chi connectivity index (χ2n) is 2.39. The van der Waals surface area contributed by atoms with Gasteiger partial charge in [-0.2, -0.15) is 0 Å². The smallest absolute Gasteiger partial charge is 0.130 e. The molecule has 0 amide bonds. The van der Waals surface area contributed by atoms with Crippen molar-refractivity contribution < 1.29 is 8.78 Å². The molecule has 11 heavy (non-hydrogen) atoms. The molecule has 0 aliphatic carbocycles. The van der Waals surface area contributed by atoms with Crippen molar-refractivity contribution in [3.63, 3.8) is 0 Å². The summed E-state index contributed by atoms with van der Waals surface area (Å²) in [7, 11) is 0. The highest BCUT2D eigenvalue weighted by molar-refractivity contribution is 5.27. The van der Waals surface area contributed by atoms with E-state index in [0.29, 0.717) is 11.1 Å². The summed E-state index contributed by atoms with van der Waals surface area (Å²) in [5.74, 6) is -1.12. The molecular weight excluding hydrogens is 148 g/mol. The molecule has 60 valence electrons. The molecule has 0 saturated heterocycles. The molecule has 1 aromatic carbocycles. The zero-order valence-corrected chi connectivity index (χ0v) is 6.20. The first kappa shape index (κ1) is 8.14. The number of hydrogen-bond donors (Lipinski definition) is 1. The quantitative estimate of drug-likeness (QED) is 0.660. The van der Waals surface area contributed by atoms with Crippen LogP contribution in [0.5, 0.6) is 0 Å². The van der Waals surface area contributed by atoms with Crippen LogP contribution in [-0.4, -0.2) is 0 Å². The van der Waals surface area contributed by atoms with E-state index in [1.165, 1.54) is 6.07 Å². The molecule has 0 aliphatic heterocycles. The third-order valence-electron chi connectivity index (χ3n) is 1.59. The fourth-order valence-electron chi connectivity index (χ4n) is 0.991. The van der Waals surface area contributed by atoms with Gasteiger partial charge < -0.3 is 5.73 Å².